The Morgan fingerprint density at radius 3 is 2.67 bits per heavy atom. The van der Waals surface area contributed by atoms with E-state index in [2.05, 4.69) is 10.2 Å². The number of carbonyl (C=O) groups excluding carboxylic acids is 2. The van der Waals surface area contributed by atoms with Crippen LogP contribution in [0.3, 0.4) is 0 Å². The Kier molecular flexibility index (Phi) is 4.16. The minimum absolute atomic E-state index is 0.186. The minimum atomic E-state index is -0.881. The highest BCUT2D eigenvalue weighted by Gasteiger charge is 2.24. The number of para-hydroxylation sites is 1. The fourth-order valence-corrected chi connectivity index (χ4v) is 2.61. The second-order valence-electron chi connectivity index (χ2n) is 5.85. The first-order valence-corrected chi connectivity index (χ1v) is 7.73. The van der Waals surface area contributed by atoms with Crippen molar-refractivity contribution in [2.75, 3.05) is 0 Å². The summed E-state index contributed by atoms with van der Waals surface area (Å²) in [6.07, 6.45) is -0.881. The van der Waals surface area contributed by atoms with E-state index >= 15 is 0 Å². The maximum Gasteiger partial charge on any atom is 0.360 e. The summed E-state index contributed by atoms with van der Waals surface area (Å²) in [5.41, 5.74) is 3.35. The van der Waals surface area contributed by atoms with Gasteiger partial charge in [-0.15, -0.1) is 0 Å². The Hall–Kier alpha value is -2.95. The first kappa shape index (κ1) is 15.9. The average molecular weight is 322 g/mol. The zero-order chi connectivity index (χ0) is 17.3. The van der Waals surface area contributed by atoms with Crippen LogP contribution in [0, 0.1) is 13.8 Å². The topological polar surface area (TPSA) is 72.1 Å². The number of nitrogens with zero attached hydrogens (tertiary/aromatic N) is 1. The predicted octanol–water partition coefficient (Wildman–Crippen LogP) is 3.61. The molecule has 2 aromatic carbocycles. The summed E-state index contributed by atoms with van der Waals surface area (Å²) in [4.78, 5) is 24.9. The molecule has 0 unspecified atom stereocenters. The highest BCUT2D eigenvalue weighted by Crippen LogP contribution is 2.18. The van der Waals surface area contributed by atoms with Crippen molar-refractivity contribution >= 4 is 22.7 Å². The van der Waals surface area contributed by atoms with Crippen molar-refractivity contribution in [2.24, 2.45) is 0 Å². The fourth-order valence-electron chi connectivity index (χ4n) is 2.61. The van der Waals surface area contributed by atoms with Gasteiger partial charge in [0.05, 0.1) is 5.52 Å². The van der Waals surface area contributed by atoms with Crippen molar-refractivity contribution < 1.29 is 14.3 Å². The van der Waals surface area contributed by atoms with E-state index in [-0.39, 0.29) is 11.5 Å². The molecule has 1 N–H and O–H groups in total. The third-order valence-corrected chi connectivity index (χ3v) is 3.98. The van der Waals surface area contributed by atoms with Gasteiger partial charge in [-0.2, -0.15) is 5.10 Å². The summed E-state index contributed by atoms with van der Waals surface area (Å²) in [6, 6.07) is 12.9. The number of H-pyrrole nitrogens is 1. The van der Waals surface area contributed by atoms with Gasteiger partial charge in [0.2, 0.25) is 5.78 Å². The maximum atomic E-state index is 12.6. The molecule has 0 fully saturated rings. The zero-order valence-electron chi connectivity index (χ0n) is 13.8. The molecule has 0 aliphatic carbocycles. The fraction of sp³-hybridized carbons (Fsp3) is 0.211. The number of carbonyl (C=O) groups is 2. The smallest absolute Gasteiger partial charge is 0.360 e. The summed E-state index contributed by atoms with van der Waals surface area (Å²) >= 11 is 0. The first-order valence-electron chi connectivity index (χ1n) is 7.73. The van der Waals surface area contributed by atoms with E-state index in [1.54, 1.807) is 13.0 Å². The number of aryl methyl sites for hydroxylation is 2. The summed E-state index contributed by atoms with van der Waals surface area (Å²) in [7, 11) is 0. The van der Waals surface area contributed by atoms with Crippen LogP contribution in [0.5, 0.6) is 0 Å². The molecule has 0 bridgehead atoms. The highest BCUT2D eigenvalue weighted by atomic mass is 16.5. The quantitative estimate of drug-likeness (QED) is 0.588. The number of benzene rings is 2. The van der Waals surface area contributed by atoms with Gasteiger partial charge in [-0.05, 0) is 38.5 Å². The molecule has 3 rings (SSSR count). The van der Waals surface area contributed by atoms with Crippen LogP contribution in [0.4, 0.5) is 0 Å². The van der Waals surface area contributed by atoms with Gasteiger partial charge in [-0.3, -0.25) is 9.89 Å². The molecule has 24 heavy (non-hydrogen) atoms. The molecule has 0 saturated carbocycles. The van der Waals surface area contributed by atoms with Gasteiger partial charge in [0.25, 0.3) is 0 Å². The Morgan fingerprint density at radius 1 is 1.12 bits per heavy atom. The van der Waals surface area contributed by atoms with Gasteiger partial charge in [0.1, 0.15) is 0 Å². The molecular weight excluding hydrogens is 304 g/mol. The van der Waals surface area contributed by atoms with Crippen LogP contribution in [-0.4, -0.2) is 28.1 Å². The van der Waals surface area contributed by atoms with Crippen molar-refractivity contribution in [1.82, 2.24) is 10.2 Å². The van der Waals surface area contributed by atoms with Gasteiger partial charge >= 0.3 is 5.97 Å². The van der Waals surface area contributed by atoms with Crippen molar-refractivity contribution in [3.05, 3.63) is 64.8 Å². The molecule has 0 spiro atoms. The molecule has 122 valence electrons. The van der Waals surface area contributed by atoms with E-state index in [1.165, 1.54) is 0 Å². The van der Waals surface area contributed by atoms with E-state index < -0.39 is 12.1 Å². The van der Waals surface area contributed by atoms with Crippen molar-refractivity contribution in [1.29, 1.82) is 0 Å². The third-order valence-electron chi connectivity index (χ3n) is 3.98. The highest BCUT2D eigenvalue weighted by molar-refractivity contribution is 6.05. The lowest BCUT2D eigenvalue weighted by atomic mass is 9.99. The Labute approximate surface area is 139 Å². The monoisotopic (exact) mass is 322 g/mol. The lowest BCUT2D eigenvalue weighted by Gasteiger charge is -2.13. The van der Waals surface area contributed by atoms with Crippen LogP contribution in [0.1, 0.15) is 38.9 Å². The predicted molar refractivity (Wildman–Crippen MR) is 91.2 cm³/mol. The standard InChI is InChI=1S/C19H18N2O3/c1-11-8-9-12(2)15(10-11)18(22)13(3)24-19(23)17-14-6-4-5-7-16(14)20-21-17/h4-10,13H,1-3H3,(H,20,21)/t13-/m1/s1. The normalized spacial score (nSPS) is 12.1. The van der Waals surface area contributed by atoms with Gasteiger partial charge in [-0.25, -0.2) is 4.79 Å². The summed E-state index contributed by atoms with van der Waals surface area (Å²) in [5.74, 6) is -0.831. The molecule has 0 radical (unpaired) electrons. The van der Waals surface area contributed by atoms with Crippen LogP contribution in [0.25, 0.3) is 10.9 Å². The Morgan fingerprint density at radius 2 is 1.88 bits per heavy atom. The molecule has 5 nitrogen and oxygen atoms in total. The second-order valence-corrected chi connectivity index (χ2v) is 5.85. The van der Waals surface area contributed by atoms with Crippen molar-refractivity contribution in [2.45, 2.75) is 26.9 Å². The molecule has 1 aromatic heterocycles. The van der Waals surface area contributed by atoms with Gasteiger partial charge in [0, 0.05) is 10.9 Å². The number of nitrogens with one attached hydrogen (secondary N) is 1. The molecule has 0 aliphatic heterocycles. The average Bonchev–Trinajstić information content (AvgIpc) is 3.00. The number of rotatable bonds is 4. The lowest BCUT2D eigenvalue weighted by molar-refractivity contribution is 0.0314. The number of ketones is 1. The number of hydrogen-bond acceptors (Lipinski definition) is 4. The first-order chi connectivity index (χ1) is 11.5. The Bertz CT molecular complexity index is 927. The second kappa shape index (κ2) is 6.28. The van der Waals surface area contributed by atoms with Crippen molar-refractivity contribution in [3.63, 3.8) is 0 Å². The van der Waals surface area contributed by atoms with E-state index in [0.717, 1.165) is 16.6 Å². The van der Waals surface area contributed by atoms with E-state index in [9.17, 15) is 9.59 Å². The van der Waals surface area contributed by atoms with Crippen LogP contribution < -0.4 is 0 Å². The summed E-state index contributed by atoms with van der Waals surface area (Å²) < 4.78 is 5.34. The molecular formula is C19H18N2O3. The van der Waals surface area contributed by atoms with E-state index in [0.29, 0.717) is 10.9 Å². The number of Topliss-reactive ketones (excluding diaryl/α,β-unsaturated/α-hetero) is 1. The van der Waals surface area contributed by atoms with E-state index in [1.807, 2.05) is 50.2 Å². The van der Waals surface area contributed by atoms with Crippen molar-refractivity contribution in [3.8, 4) is 0 Å². The summed E-state index contributed by atoms with van der Waals surface area (Å²) in [5, 5.41) is 7.46. The third kappa shape index (κ3) is 2.93. The number of esters is 1. The number of aromatic nitrogens is 2. The van der Waals surface area contributed by atoms with Gasteiger partial charge in [-0.1, -0.05) is 35.9 Å². The SMILES string of the molecule is Cc1ccc(C)c(C(=O)[C@@H](C)OC(=O)c2n[nH]c3ccccc23)c1. The number of ether oxygens (including phenoxy) is 1. The number of aromatic amines is 1. The number of fused-ring (bicyclic) bond motifs is 1. The molecule has 1 atom stereocenters. The molecule has 0 amide bonds. The molecule has 5 heteroatoms. The Balaban J connectivity index is 1.81. The molecule has 0 aliphatic rings. The lowest BCUT2D eigenvalue weighted by Crippen LogP contribution is -2.25. The van der Waals surface area contributed by atoms with Crippen LogP contribution >= 0.6 is 0 Å². The van der Waals surface area contributed by atoms with Crippen LogP contribution in [0.2, 0.25) is 0 Å². The largest absolute Gasteiger partial charge is 0.449 e. The summed E-state index contributed by atoms with van der Waals surface area (Å²) in [6.45, 7) is 5.36. The maximum absolute atomic E-state index is 12.6. The number of hydrogen-bond donors (Lipinski definition) is 1. The van der Waals surface area contributed by atoms with Crippen LogP contribution in [0.15, 0.2) is 42.5 Å². The molecule has 1 heterocycles. The van der Waals surface area contributed by atoms with E-state index in [4.69, 9.17) is 4.74 Å². The zero-order valence-corrected chi connectivity index (χ0v) is 13.8. The molecule has 3 aromatic rings. The van der Waals surface area contributed by atoms with Gasteiger partial charge in [0.15, 0.2) is 11.8 Å². The van der Waals surface area contributed by atoms with Gasteiger partial charge < -0.3 is 4.74 Å². The van der Waals surface area contributed by atoms with Crippen LogP contribution in [-0.2, 0) is 4.74 Å². The minimum Gasteiger partial charge on any atom is -0.449 e. The molecule has 0 saturated heterocycles.